The zero-order chi connectivity index (χ0) is 19.5. The first-order valence-electron chi connectivity index (χ1n) is 11.8. The Kier molecular flexibility index (Phi) is 17.5. The van der Waals surface area contributed by atoms with Gasteiger partial charge in [-0.3, -0.25) is 4.79 Å². The maximum atomic E-state index is 11.4. The highest BCUT2D eigenvalue weighted by Gasteiger charge is 2.31. The quantitative estimate of drug-likeness (QED) is 0.219. The molecule has 0 bridgehead atoms. The van der Waals surface area contributed by atoms with Gasteiger partial charge in [0.1, 0.15) is 0 Å². The molecule has 0 aromatic carbocycles. The molecule has 2 nitrogen and oxygen atoms in total. The van der Waals surface area contributed by atoms with Gasteiger partial charge in [-0.2, -0.15) is 0 Å². The van der Waals surface area contributed by atoms with Gasteiger partial charge in [0, 0.05) is 0 Å². The molecule has 1 N–H and O–H groups in total. The first-order valence-corrected chi connectivity index (χ1v) is 11.8. The van der Waals surface area contributed by atoms with Crippen LogP contribution in [-0.2, 0) is 4.79 Å². The zero-order valence-corrected chi connectivity index (χ0v) is 18.3. The van der Waals surface area contributed by atoms with Crippen molar-refractivity contribution in [1.82, 2.24) is 0 Å². The van der Waals surface area contributed by atoms with Crippen molar-refractivity contribution in [3.8, 4) is 0 Å². The second-order valence-electron chi connectivity index (χ2n) is 8.56. The van der Waals surface area contributed by atoms with Crippen molar-refractivity contribution in [1.29, 1.82) is 0 Å². The summed E-state index contributed by atoms with van der Waals surface area (Å²) in [6, 6.07) is 0. The maximum Gasteiger partial charge on any atom is 0.303 e. The van der Waals surface area contributed by atoms with Crippen LogP contribution in [-0.4, -0.2) is 11.1 Å². The molecule has 0 atom stereocenters. The molecule has 0 rings (SSSR count). The Labute approximate surface area is 164 Å². The normalized spacial score (nSPS) is 11.8. The lowest BCUT2D eigenvalue weighted by Gasteiger charge is -2.33. The third-order valence-corrected chi connectivity index (χ3v) is 5.96. The molecule has 26 heavy (non-hydrogen) atoms. The van der Waals surface area contributed by atoms with Crippen molar-refractivity contribution < 1.29 is 9.90 Å². The number of hydrogen-bond donors (Lipinski definition) is 1. The molecule has 2 heteroatoms. The predicted molar refractivity (Wildman–Crippen MR) is 115 cm³/mol. The number of unbranched alkanes of at least 4 members (excludes halogenated alkanes) is 12. The van der Waals surface area contributed by atoms with Crippen LogP contribution >= 0.6 is 0 Å². The van der Waals surface area contributed by atoms with Gasteiger partial charge >= 0.3 is 5.97 Å². The van der Waals surface area contributed by atoms with Gasteiger partial charge < -0.3 is 5.11 Å². The molecule has 0 unspecified atom stereocenters. The number of hydrogen-bond acceptors (Lipinski definition) is 1. The first-order chi connectivity index (χ1) is 12.6. The third kappa shape index (κ3) is 14.6. The number of carbonyl (C=O) groups is 1. The Balaban J connectivity index is 4.01. The van der Waals surface area contributed by atoms with Crippen molar-refractivity contribution in [2.75, 3.05) is 0 Å². The Morgan fingerprint density at radius 1 is 0.577 bits per heavy atom. The molecule has 0 saturated heterocycles. The second kappa shape index (κ2) is 17.9. The van der Waals surface area contributed by atoms with E-state index in [0.29, 0.717) is 6.42 Å². The minimum Gasteiger partial charge on any atom is -0.481 e. The standard InChI is InChI=1S/C24H48O2/c1-4-7-10-11-12-13-14-15-16-17-18-21-24(19-8-5-2,20-9-6-3)22-23(25)26/h4-22H2,1-3H3,(H,25,26). The van der Waals surface area contributed by atoms with Crippen LogP contribution in [0.25, 0.3) is 0 Å². The molecule has 0 aliphatic carbocycles. The van der Waals surface area contributed by atoms with Crippen molar-refractivity contribution in [3.63, 3.8) is 0 Å². The summed E-state index contributed by atoms with van der Waals surface area (Å²) in [5.41, 5.74) is 0.0666. The molecule has 0 aliphatic heterocycles. The highest BCUT2D eigenvalue weighted by atomic mass is 16.4. The lowest BCUT2D eigenvalue weighted by atomic mass is 9.72. The molecule has 0 aromatic heterocycles. The molecular weight excluding hydrogens is 320 g/mol. The molecule has 156 valence electrons. The SMILES string of the molecule is CCCCCCCCCCCCCC(CCCC)(CCCC)CC(=O)O. The summed E-state index contributed by atoms with van der Waals surface area (Å²) >= 11 is 0. The fourth-order valence-corrected chi connectivity index (χ4v) is 4.23. The van der Waals surface area contributed by atoms with Crippen molar-refractivity contribution in [2.45, 2.75) is 143 Å². The molecule has 0 spiro atoms. The van der Waals surface area contributed by atoms with Crippen LogP contribution in [0.1, 0.15) is 143 Å². The summed E-state index contributed by atoms with van der Waals surface area (Å²) in [4.78, 5) is 11.4. The monoisotopic (exact) mass is 368 g/mol. The van der Waals surface area contributed by atoms with Crippen molar-refractivity contribution in [2.24, 2.45) is 5.41 Å². The summed E-state index contributed by atoms with van der Waals surface area (Å²) in [5, 5.41) is 9.42. The van der Waals surface area contributed by atoms with Gasteiger partial charge in [0.15, 0.2) is 0 Å². The summed E-state index contributed by atoms with van der Waals surface area (Å²) < 4.78 is 0. The summed E-state index contributed by atoms with van der Waals surface area (Å²) in [6.07, 6.45) is 23.4. The zero-order valence-electron chi connectivity index (χ0n) is 18.3. The fraction of sp³-hybridized carbons (Fsp3) is 0.958. The Morgan fingerprint density at radius 3 is 1.31 bits per heavy atom. The fourth-order valence-electron chi connectivity index (χ4n) is 4.23. The Hall–Kier alpha value is -0.530. The van der Waals surface area contributed by atoms with Crippen LogP contribution < -0.4 is 0 Å². The van der Waals surface area contributed by atoms with Crippen molar-refractivity contribution >= 4 is 5.97 Å². The number of carboxylic acid groups (broad SMARTS) is 1. The van der Waals surface area contributed by atoms with E-state index >= 15 is 0 Å². The third-order valence-electron chi connectivity index (χ3n) is 5.96. The number of carboxylic acids is 1. The molecule has 0 fully saturated rings. The highest BCUT2D eigenvalue weighted by molar-refractivity contribution is 5.67. The second-order valence-corrected chi connectivity index (χ2v) is 8.56. The maximum absolute atomic E-state index is 11.4. The van der Waals surface area contributed by atoms with Crippen molar-refractivity contribution in [3.05, 3.63) is 0 Å². The average Bonchev–Trinajstić information content (AvgIpc) is 2.62. The van der Waals surface area contributed by atoms with Crippen LogP contribution in [0.5, 0.6) is 0 Å². The van der Waals surface area contributed by atoms with Crippen LogP contribution in [0.2, 0.25) is 0 Å². The minimum atomic E-state index is -0.597. The van der Waals surface area contributed by atoms with Crippen LogP contribution in [0, 0.1) is 5.41 Å². The van der Waals surface area contributed by atoms with E-state index in [1.54, 1.807) is 0 Å². The number of aliphatic carboxylic acids is 1. The number of rotatable bonds is 20. The smallest absolute Gasteiger partial charge is 0.303 e. The lowest BCUT2D eigenvalue weighted by molar-refractivity contribution is -0.140. The van der Waals surface area contributed by atoms with Crippen LogP contribution in [0.3, 0.4) is 0 Å². The van der Waals surface area contributed by atoms with Crippen LogP contribution in [0.15, 0.2) is 0 Å². The van der Waals surface area contributed by atoms with E-state index in [0.717, 1.165) is 19.3 Å². The molecular formula is C24H48O2. The van der Waals surface area contributed by atoms with Gasteiger partial charge in [-0.25, -0.2) is 0 Å². The van der Waals surface area contributed by atoms with Gasteiger partial charge in [-0.15, -0.1) is 0 Å². The van der Waals surface area contributed by atoms with E-state index in [9.17, 15) is 9.90 Å². The van der Waals surface area contributed by atoms with E-state index in [-0.39, 0.29) is 5.41 Å². The van der Waals surface area contributed by atoms with E-state index in [1.165, 1.54) is 96.3 Å². The van der Waals surface area contributed by atoms with Gasteiger partial charge in [-0.1, -0.05) is 117 Å². The Morgan fingerprint density at radius 2 is 0.923 bits per heavy atom. The highest BCUT2D eigenvalue weighted by Crippen LogP contribution is 2.40. The molecule has 0 amide bonds. The molecule has 0 heterocycles. The first kappa shape index (κ1) is 25.5. The molecule has 0 aliphatic rings. The van der Waals surface area contributed by atoms with Gasteiger partial charge in [-0.05, 0) is 24.7 Å². The minimum absolute atomic E-state index is 0.0666. The van der Waals surface area contributed by atoms with Crippen LogP contribution in [0.4, 0.5) is 0 Å². The van der Waals surface area contributed by atoms with E-state index in [2.05, 4.69) is 20.8 Å². The summed E-state index contributed by atoms with van der Waals surface area (Å²) in [6.45, 7) is 6.71. The topological polar surface area (TPSA) is 37.3 Å². The largest absolute Gasteiger partial charge is 0.481 e. The summed E-state index contributed by atoms with van der Waals surface area (Å²) in [5.74, 6) is -0.597. The Bertz CT molecular complexity index is 303. The predicted octanol–water partition coefficient (Wildman–Crippen LogP) is 8.53. The summed E-state index contributed by atoms with van der Waals surface area (Å²) in [7, 11) is 0. The van der Waals surface area contributed by atoms with Gasteiger partial charge in [0.05, 0.1) is 6.42 Å². The van der Waals surface area contributed by atoms with Gasteiger partial charge in [0.2, 0.25) is 0 Å². The van der Waals surface area contributed by atoms with E-state index in [1.807, 2.05) is 0 Å². The average molecular weight is 369 g/mol. The molecule has 0 radical (unpaired) electrons. The van der Waals surface area contributed by atoms with Gasteiger partial charge in [0.25, 0.3) is 0 Å². The lowest BCUT2D eigenvalue weighted by Crippen LogP contribution is -2.25. The van der Waals surface area contributed by atoms with E-state index in [4.69, 9.17) is 0 Å². The van der Waals surface area contributed by atoms with E-state index < -0.39 is 5.97 Å². The molecule has 0 saturated carbocycles. The molecule has 0 aromatic rings.